The van der Waals surface area contributed by atoms with Crippen LogP contribution in [0.4, 0.5) is 0 Å². The molecular formula is C23H29BrN2O4. The Bertz CT molecular complexity index is 853. The van der Waals surface area contributed by atoms with Crippen LogP contribution in [0.15, 0.2) is 40.9 Å². The van der Waals surface area contributed by atoms with Crippen molar-refractivity contribution in [3.63, 3.8) is 0 Å². The van der Waals surface area contributed by atoms with Crippen LogP contribution in [-0.4, -0.2) is 50.8 Å². The minimum atomic E-state index is -0.158. The SMILES string of the molecule is CCCOc1c(Br)cc(C(=O)NCc2cccc(CN3CCOCC3)c2)cc1OC. The molecule has 1 saturated heterocycles. The Balaban J connectivity index is 1.62. The van der Waals surface area contributed by atoms with Crippen LogP contribution in [0.3, 0.4) is 0 Å². The first-order valence-corrected chi connectivity index (χ1v) is 11.1. The molecule has 1 aliphatic rings. The van der Waals surface area contributed by atoms with E-state index in [1.165, 1.54) is 5.56 Å². The molecule has 0 unspecified atom stereocenters. The van der Waals surface area contributed by atoms with Crippen LogP contribution < -0.4 is 14.8 Å². The van der Waals surface area contributed by atoms with Gasteiger partial charge in [-0.25, -0.2) is 0 Å². The van der Waals surface area contributed by atoms with Gasteiger partial charge in [-0.2, -0.15) is 0 Å². The average Bonchev–Trinajstić information content (AvgIpc) is 2.77. The Hall–Kier alpha value is -2.09. The second-order valence-corrected chi connectivity index (χ2v) is 8.08. The van der Waals surface area contributed by atoms with Crippen molar-refractivity contribution in [2.24, 2.45) is 0 Å². The van der Waals surface area contributed by atoms with Gasteiger partial charge in [0.15, 0.2) is 11.5 Å². The Labute approximate surface area is 186 Å². The summed E-state index contributed by atoms with van der Waals surface area (Å²) in [5, 5.41) is 3.00. The number of nitrogens with one attached hydrogen (secondary N) is 1. The van der Waals surface area contributed by atoms with E-state index in [0.717, 1.165) is 44.8 Å². The van der Waals surface area contributed by atoms with Gasteiger partial charge in [-0.15, -0.1) is 0 Å². The molecule has 30 heavy (non-hydrogen) atoms. The first-order chi connectivity index (χ1) is 14.6. The molecular weight excluding hydrogens is 448 g/mol. The molecule has 162 valence electrons. The molecule has 1 heterocycles. The van der Waals surface area contributed by atoms with Gasteiger partial charge in [0.1, 0.15) is 0 Å². The van der Waals surface area contributed by atoms with E-state index < -0.39 is 0 Å². The van der Waals surface area contributed by atoms with Crippen LogP contribution in [0.5, 0.6) is 11.5 Å². The van der Waals surface area contributed by atoms with E-state index in [2.05, 4.69) is 38.3 Å². The predicted molar refractivity (Wildman–Crippen MR) is 120 cm³/mol. The van der Waals surface area contributed by atoms with Crippen molar-refractivity contribution in [2.45, 2.75) is 26.4 Å². The average molecular weight is 477 g/mol. The number of carbonyl (C=O) groups excluding carboxylic acids is 1. The highest BCUT2D eigenvalue weighted by atomic mass is 79.9. The van der Waals surface area contributed by atoms with E-state index in [0.29, 0.717) is 34.7 Å². The molecule has 0 saturated carbocycles. The van der Waals surface area contributed by atoms with Crippen molar-refractivity contribution < 1.29 is 19.0 Å². The number of amides is 1. The Kier molecular flexibility index (Phi) is 8.54. The van der Waals surface area contributed by atoms with Gasteiger partial charge in [0.25, 0.3) is 5.91 Å². The molecule has 6 nitrogen and oxygen atoms in total. The molecule has 1 amide bonds. The summed E-state index contributed by atoms with van der Waals surface area (Å²) >= 11 is 3.49. The third-order valence-electron chi connectivity index (χ3n) is 4.90. The Morgan fingerprint density at radius 3 is 2.70 bits per heavy atom. The first kappa shape index (κ1) is 22.6. The molecule has 0 spiro atoms. The lowest BCUT2D eigenvalue weighted by Crippen LogP contribution is -2.35. The topological polar surface area (TPSA) is 60.0 Å². The zero-order valence-corrected chi connectivity index (χ0v) is 19.2. The summed E-state index contributed by atoms with van der Waals surface area (Å²) in [4.78, 5) is 15.1. The van der Waals surface area contributed by atoms with E-state index >= 15 is 0 Å². The van der Waals surface area contributed by atoms with Crippen molar-refractivity contribution in [3.8, 4) is 11.5 Å². The van der Waals surface area contributed by atoms with Gasteiger partial charge in [0, 0.05) is 31.7 Å². The number of rotatable bonds is 9. The van der Waals surface area contributed by atoms with Gasteiger partial charge in [-0.1, -0.05) is 31.2 Å². The lowest BCUT2D eigenvalue weighted by molar-refractivity contribution is 0.0342. The third kappa shape index (κ3) is 6.20. The number of carbonyl (C=O) groups is 1. The van der Waals surface area contributed by atoms with Gasteiger partial charge in [0.2, 0.25) is 0 Å². The minimum absolute atomic E-state index is 0.158. The van der Waals surface area contributed by atoms with Crippen molar-refractivity contribution in [1.29, 1.82) is 0 Å². The fourth-order valence-corrected chi connectivity index (χ4v) is 3.89. The fourth-order valence-electron chi connectivity index (χ4n) is 3.33. The highest BCUT2D eigenvalue weighted by Gasteiger charge is 2.16. The van der Waals surface area contributed by atoms with E-state index in [9.17, 15) is 4.79 Å². The highest BCUT2D eigenvalue weighted by Crippen LogP contribution is 2.36. The predicted octanol–water partition coefficient (Wildman–Crippen LogP) is 4.01. The maximum absolute atomic E-state index is 12.7. The van der Waals surface area contributed by atoms with Gasteiger partial charge in [-0.3, -0.25) is 9.69 Å². The second kappa shape index (κ2) is 11.3. The number of halogens is 1. The smallest absolute Gasteiger partial charge is 0.251 e. The highest BCUT2D eigenvalue weighted by molar-refractivity contribution is 9.10. The van der Waals surface area contributed by atoms with Crippen molar-refractivity contribution in [3.05, 3.63) is 57.6 Å². The van der Waals surface area contributed by atoms with E-state index in [1.807, 2.05) is 19.1 Å². The fraction of sp³-hybridized carbons (Fsp3) is 0.435. The maximum Gasteiger partial charge on any atom is 0.251 e. The summed E-state index contributed by atoms with van der Waals surface area (Å²) in [5.41, 5.74) is 2.83. The van der Waals surface area contributed by atoms with E-state index in [4.69, 9.17) is 14.2 Å². The zero-order valence-electron chi connectivity index (χ0n) is 17.6. The summed E-state index contributed by atoms with van der Waals surface area (Å²) in [5.74, 6) is 0.997. The molecule has 0 aromatic heterocycles. The van der Waals surface area contributed by atoms with Crippen LogP contribution in [0.25, 0.3) is 0 Å². The molecule has 2 aromatic carbocycles. The summed E-state index contributed by atoms with van der Waals surface area (Å²) in [7, 11) is 1.57. The first-order valence-electron chi connectivity index (χ1n) is 10.3. The number of ether oxygens (including phenoxy) is 3. The molecule has 0 bridgehead atoms. The molecule has 7 heteroatoms. The summed E-state index contributed by atoms with van der Waals surface area (Å²) in [6.07, 6.45) is 0.891. The van der Waals surface area contributed by atoms with Crippen LogP contribution in [0.1, 0.15) is 34.8 Å². The van der Waals surface area contributed by atoms with E-state index in [1.54, 1.807) is 19.2 Å². The molecule has 1 aliphatic heterocycles. The number of methoxy groups -OCH3 is 1. The summed E-state index contributed by atoms with van der Waals surface area (Å²) in [6, 6.07) is 11.8. The van der Waals surface area contributed by atoms with Gasteiger partial charge >= 0.3 is 0 Å². The van der Waals surface area contributed by atoms with Crippen LogP contribution in [0.2, 0.25) is 0 Å². The molecule has 3 rings (SSSR count). The van der Waals surface area contributed by atoms with Crippen molar-refractivity contribution in [2.75, 3.05) is 40.0 Å². The third-order valence-corrected chi connectivity index (χ3v) is 5.49. The number of hydrogen-bond donors (Lipinski definition) is 1. The lowest BCUT2D eigenvalue weighted by atomic mass is 10.1. The molecule has 1 fully saturated rings. The lowest BCUT2D eigenvalue weighted by Gasteiger charge is -2.26. The number of nitrogens with zero attached hydrogens (tertiary/aromatic N) is 1. The maximum atomic E-state index is 12.7. The van der Waals surface area contributed by atoms with Crippen molar-refractivity contribution in [1.82, 2.24) is 10.2 Å². The van der Waals surface area contributed by atoms with Crippen LogP contribution in [0, 0.1) is 0 Å². The van der Waals surface area contributed by atoms with Crippen molar-refractivity contribution >= 4 is 21.8 Å². The Morgan fingerprint density at radius 1 is 1.20 bits per heavy atom. The second-order valence-electron chi connectivity index (χ2n) is 7.23. The molecule has 0 aliphatic carbocycles. The van der Waals surface area contributed by atoms with E-state index in [-0.39, 0.29) is 5.91 Å². The number of morpholine rings is 1. The van der Waals surface area contributed by atoms with Crippen LogP contribution >= 0.6 is 15.9 Å². The quantitative estimate of drug-likeness (QED) is 0.592. The molecule has 0 radical (unpaired) electrons. The zero-order chi connectivity index (χ0) is 21.3. The molecule has 2 aromatic rings. The molecule has 1 N–H and O–H groups in total. The monoisotopic (exact) mass is 476 g/mol. The Morgan fingerprint density at radius 2 is 1.97 bits per heavy atom. The summed E-state index contributed by atoms with van der Waals surface area (Å²) in [6.45, 7) is 7.47. The number of hydrogen-bond acceptors (Lipinski definition) is 5. The van der Waals surface area contributed by atoms with Gasteiger partial charge in [-0.05, 0) is 45.6 Å². The van der Waals surface area contributed by atoms with Crippen LogP contribution in [-0.2, 0) is 17.8 Å². The summed E-state index contributed by atoms with van der Waals surface area (Å²) < 4.78 is 17.3. The standard InChI is InChI=1S/C23H29BrN2O4/c1-3-9-30-22-20(24)13-19(14-21(22)28-2)23(27)25-15-17-5-4-6-18(12-17)16-26-7-10-29-11-8-26/h4-6,12-14H,3,7-11,15-16H2,1-2H3,(H,25,27). The normalized spacial score (nSPS) is 14.4. The minimum Gasteiger partial charge on any atom is -0.493 e. The largest absolute Gasteiger partial charge is 0.493 e. The molecule has 0 atom stereocenters. The number of benzene rings is 2. The van der Waals surface area contributed by atoms with Gasteiger partial charge < -0.3 is 19.5 Å². The van der Waals surface area contributed by atoms with Gasteiger partial charge in [0.05, 0.1) is 31.4 Å².